The van der Waals surface area contributed by atoms with Crippen LogP contribution in [0.25, 0.3) is 43.1 Å². The molecule has 8 aromatic rings. The molecule has 4 atom stereocenters. The van der Waals surface area contributed by atoms with Crippen LogP contribution in [0.2, 0.25) is 0 Å². The summed E-state index contributed by atoms with van der Waals surface area (Å²) in [6.45, 7) is 0.582. The van der Waals surface area contributed by atoms with Crippen molar-refractivity contribution in [2.75, 3.05) is 13.2 Å². The number of rotatable bonds is 4. The third-order valence-corrected chi connectivity index (χ3v) is 14.1. The van der Waals surface area contributed by atoms with Gasteiger partial charge in [-0.25, -0.2) is 0 Å². The van der Waals surface area contributed by atoms with E-state index in [0.29, 0.717) is 26.1 Å². The normalized spacial score (nSPS) is 21.6. The highest BCUT2D eigenvalue weighted by atomic mass is 31.2. The van der Waals surface area contributed by atoms with Crippen LogP contribution in [0.1, 0.15) is 22.3 Å². The molecule has 10 heteroatoms. The molecule has 0 N–H and O–H groups in total. The highest BCUT2D eigenvalue weighted by Crippen LogP contribution is 2.54. The minimum atomic E-state index is -1.90. The van der Waals surface area contributed by atoms with Crippen LogP contribution >= 0.6 is 17.2 Å². The summed E-state index contributed by atoms with van der Waals surface area (Å²) in [4.78, 5) is 0. The maximum Gasteiger partial charge on any atom is 0.463 e. The molecule has 8 nitrogen and oxygen atoms in total. The maximum atomic E-state index is 6.75. The number of ether oxygens (including phenoxy) is 2. The molecule has 0 aromatic heterocycles. The number of fused-ring (bicyclic) bond motifs is 13. The van der Waals surface area contributed by atoms with Gasteiger partial charge in [-0.15, -0.1) is 0 Å². The van der Waals surface area contributed by atoms with E-state index < -0.39 is 41.6 Å². The van der Waals surface area contributed by atoms with Crippen molar-refractivity contribution in [1.82, 2.24) is 0 Å². The molecule has 58 heavy (non-hydrogen) atoms. The minimum absolute atomic E-state index is 0.291. The van der Waals surface area contributed by atoms with Crippen LogP contribution in [0.4, 0.5) is 0 Å². The molecule has 12 rings (SSSR count). The van der Waals surface area contributed by atoms with Gasteiger partial charge in [0.1, 0.15) is 47.4 Å². The summed E-state index contributed by atoms with van der Waals surface area (Å²) in [7, 11) is -3.81. The van der Waals surface area contributed by atoms with Gasteiger partial charge in [0.15, 0.2) is 0 Å². The van der Waals surface area contributed by atoms with Crippen molar-refractivity contribution in [3.63, 3.8) is 0 Å². The first-order chi connectivity index (χ1) is 28.7. The van der Waals surface area contributed by atoms with Gasteiger partial charge in [0.05, 0.1) is 13.2 Å². The lowest BCUT2D eigenvalue weighted by atomic mass is 9.93. The second-order valence-electron chi connectivity index (χ2n) is 15.1. The Labute approximate surface area is 337 Å². The van der Waals surface area contributed by atoms with E-state index in [4.69, 9.17) is 36.6 Å². The van der Waals surface area contributed by atoms with E-state index in [-0.39, 0.29) is 0 Å². The minimum Gasteiger partial charge on any atom is -0.417 e. The Morgan fingerprint density at radius 2 is 0.655 bits per heavy atom. The highest BCUT2D eigenvalue weighted by molar-refractivity contribution is 7.43. The smallest absolute Gasteiger partial charge is 0.417 e. The van der Waals surface area contributed by atoms with Crippen LogP contribution in [-0.4, -0.2) is 37.6 Å². The third-order valence-electron chi connectivity index (χ3n) is 11.8. The van der Waals surface area contributed by atoms with Crippen LogP contribution in [-0.2, 0) is 31.4 Å². The number of hydrogen-bond donors (Lipinski definition) is 0. The van der Waals surface area contributed by atoms with Gasteiger partial charge in [0.2, 0.25) is 0 Å². The average molecular weight is 803 g/mol. The van der Waals surface area contributed by atoms with E-state index in [1.54, 1.807) is 0 Å². The van der Waals surface area contributed by atoms with Crippen molar-refractivity contribution < 1.29 is 36.6 Å². The molecule has 8 aromatic carbocycles. The zero-order valence-corrected chi connectivity index (χ0v) is 32.9. The molecule has 4 heterocycles. The van der Waals surface area contributed by atoms with Gasteiger partial charge in [-0.05, 0) is 67.4 Å². The van der Waals surface area contributed by atoms with Gasteiger partial charge in [-0.2, -0.15) is 0 Å². The van der Waals surface area contributed by atoms with Gasteiger partial charge in [-0.1, -0.05) is 121 Å². The molecule has 4 aliphatic rings. The van der Waals surface area contributed by atoms with Crippen molar-refractivity contribution in [2.24, 2.45) is 0 Å². The van der Waals surface area contributed by atoms with E-state index in [1.807, 2.05) is 24.3 Å². The topological polar surface area (TPSA) is 73.8 Å². The molecule has 0 radical (unpaired) electrons. The van der Waals surface area contributed by atoms with Crippen LogP contribution in [0.15, 0.2) is 146 Å². The van der Waals surface area contributed by atoms with E-state index >= 15 is 0 Å². The zero-order chi connectivity index (χ0) is 38.2. The van der Waals surface area contributed by atoms with Crippen molar-refractivity contribution >= 4 is 60.3 Å². The predicted octanol–water partition coefficient (Wildman–Crippen LogP) is 11.7. The van der Waals surface area contributed by atoms with E-state index in [1.165, 1.54) is 0 Å². The van der Waals surface area contributed by atoms with Crippen molar-refractivity contribution in [3.05, 3.63) is 168 Å². The molecule has 4 unspecified atom stereocenters. The average Bonchev–Trinajstić information content (AvgIpc) is 3.84. The Kier molecular flexibility index (Phi) is 8.51. The molecule has 0 aliphatic carbocycles. The van der Waals surface area contributed by atoms with Gasteiger partial charge in [-0.3, -0.25) is 9.05 Å². The van der Waals surface area contributed by atoms with Crippen LogP contribution < -0.4 is 18.1 Å². The Morgan fingerprint density at radius 1 is 0.362 bits per heavy atom. The Bertz CT molecular complexity index is 2530. The Balaban J connectivity index is 0.836. The maximum absolute atomic E-state index is 6.75. The highest BCUT2D eigenvalue weighted by Gasteiger charge is 2.52. The summed E-state index contributed by atoms with van der Waals surface area (Å²) < 4.78 is 53.0. The quantitative estimate of drug-likeness (QED) is 0.163. The molecule has 0 saturated carbocycles. The summed E-state index contributed by atoms with van der Waals surface area (Å²) in [5, 5.41) is 9.20. The predicted molar refractivity (Wildman–Crippen MR) is 227 cm³/mol. The molecular weight excluding hydrogens is 766 g/mol. The van der Waals surface area contributed by atoms with Crippen molar-refractivity contribution in [2.45, 2.75) is 37.3 Å². The van der Waals surface area contributed by atoms with Gasteiger partial charge in [0.25, 0.3) is 0 Å². The monoisotopic (exact) mass is 802 g/mol. The van der Waals surface area contributed by atoms with Crippen molar-refractivity contribution in [3.8, 4) is 23.0 Å². The summed E-state index contributed by atoms with van der Waals surface area (Å²) in [5.74, 6) is 2.98. The van der Waals surface area contributed by atoms with Crippen molar-refractivity contribution in [1.29, 1.82) is 0 Å². The van der Waals surface area contributed by atoms with E-state index in [9.17, 15) is 0 Å². The molecule has 0 amide bonds. The van der Waals surface area contributed by atoms with Gasteiger partial charge < -0.3 is 27.6 Å². The fourth-order valence-electron chi connectivity index (χ4n) is 8.96. The largest absolute Gasteiger partial charge is 0.463 e. The molecule has 286 valence electrons. The van der Waals surface area contributed by atoms with Crippen LogP contribution in [0.5, 0.6) is 23.0 Å². The first kappa shape index (κ1) is 34.7. The first-order valence-corrected chi connectivity index (χ1v) is 21.8. The summed E-state index contributed by atoms with van der Waals surface area (Å²) in [5.41, 5.74) is 4.41. The number of hydrogen-bond acceptors (Lipinski definition) is 8. The lowest BCUT2D eigenvalue weighted by Gasteiger charge is -2.28. The van der Waals surface area contributed by atoms with Gasteiger partial charge >= 0.3 is 17.2 Å². The lowest BCUT2D eigenvalue weighted by Crippen LogP contribution is -2.33. The van der Waals surface area contributed by atoms with Crippen LogP contribution in [0.3, 0.4) is 0 Å². The Morgan fingerprint density at radius 3 is 0.966 bits per heavy atom. The molecule has 2 saturated heterocycles. The second-order valence-corrected chi connectivity index (χ2v) is 17.1. The van der Waals surface area contributed by atoms with Crippen LogP contribution in [0, 0.1) is 0 Å². The van der Waals surface area contributed by atoms with E-state index in [2.05, 4.69) is 121 Å². The second kappa shape index (κ2) is 14.2. The fraction of sp³-hybridized carbons (Fsp3) is 0.167. The standard InChI is InChI=1S/C48H36O8P2/c1-5-13-33-29(9-1)17-21-41-37(33)25-38-34-14-6-2-10-30(34)18-22-42(38)52-57(51-41)55-45-27-49-48-46(28-50-47(45)48)56-58-53-43-23-19-31-11-3-7-15-35(31)39(43)26-40-36-16-8-4-12-32(36)20-24-44(40)54-58/h1-24,45-48H,25-28H2. The molecule has 4 aliphatic heterocycles. The van der Waals surface area contributed by atoms with Gasteiger partial charge in [0, 0.05) is 35.1 Å². The summed E-state index contributed by atoms with van der Waals surface area (Å²) in [6, 6.07) is 50.2. The Hall–Kier alpha value is -5.30. The molecule has 2 fully saturated rings. The summed E-state index contributed by atoms with van der Waals surface area (Å²) >= 11 is 0. The lowest BCUT2D eigenvalue weighted by molar-refractivity contribution is 0.0134. The van der Waals surface area contributed by atoms with E-state index in [0.717, 1.165) is 88.3 Å². The molecule has 0 spiro atoms. The summed E-state index contributed by atoms with van der Waals surface area (Å²) in [6.07, 6.45) is -0.412. The SMILES string of the molecule is c1ccc2c3c(ccc2c1)OP(OC1COC2C(OP4Oc5ccc6ccccc6c5Cc5c(ccc6ccccc56)O4)COC12)Oc1ccc2ccccc2c1C3. The molecule has 0 bridgehead atoms. The molecular formula is C48H36O8P2. The fourth-order valence-corrected chi connectivity index (χ4v) is 11.3. The third kappa shape index (κ3) is 5.98. The first-order valence-electron chi connectivity index (χ1n) is 19.6. The zero-order valence-electron chi connectivity index (χ0n) is 31.2. The number of benzene rings is 8.